The molecule has 1 fully saturated rings. The highest BCUT2D eigenvalue weighted by Gasteiger charge is 2.34. The van der Waals surface area contributed by atoms with Gasteiger partial charge in [0.15, 0.2) is 21.9 Å². The van der Waals surface area contributed by atoms with Crippen LogP contribution in [0.25, 0.3) is 6.08 Å². The van der Waals surface area contributed by atoms with Crippen LogP contribution in [-0.2, 0) is 16.2 Å². The normalized spacial score (nSPS) is 14.7. The van der Waals surface area contributed by atoms with Gasteiger partial charge in [-0.2, -0.15) is 5.01 Å². The molecule has 1 aliphatic rings. The van der Waals surface area contributed by atoms with Crippen LogP contribution in [0, 0.1) is 0 Å². The molecule has 9 nitrogen and oxygen atoms in total. The average Bonchev–Trinajstić information content (AvgIpc) is 3.20. The fourth-order valence-electron chi connectivity index (χ4n) is 3.44. The largest absolute Gasteiger partial charge is 0.493 e. The molecule has 0 bridgehead atoms. The minimum atomic E-state index is -1.11. The zero-order chi connectivity index (χ0) is 27.9. The Morgan fingerprint density at radius 2 is 1.79 bits per heavy atom. The molecule has 0 radical (unpaired) electrons. The van der Waals surface area contributed by atoms with Gasteiger partial charge in [-0.25, -0.2) is 4.79 Å². The zero-order valence-corrected chi connectivity index (χ0v) is 22.6. The van der Waals surface area contributed by atoms with E-state index in [0.717, 1.165) is 22.3 Å². The molecule has 3 aromatic carbocycles. The van der Waals surface area contributed by atoms with Crippen molar-refractivity contribution >= 4 is 52.2 Å². The molecule has 0 saturated carbocycles. The standard InChI is InChI=1S/C28H24N2O7S2/c1-17(27(33)34)37-22-13-8-19(14-23(22)35-2)15-24-26(32)30(28(38)39-24)29-25(31)20-9-11-21(12-10-20)36-16-18-6-4-3-5-7-18/h3-15,17H,16H2,1-2H3,(H,29,31)(H,33,34)/b24-15+. The summed E-state index contributed by atoms with van der Waals surface area (Å²) in [6, 6.07) is 21.1. The van der Waals surface area contributed by atoms with Crippen molar-refractivity contribution in [2.75, 3.05) is 7.11 Å². The first-order chi connectivity index (χ1) is 18.7. The van der Waals surface area contributed by atoms with E-state index in [4.69, 9.17) is 31.5 Å². The van der Waals surface area contributed by atoms with Gasteiger partial charge in [0, 0.05) is 5.56 Å². The third-order valence-corrected chi connectivity index (χ3v) is 6.81. The number of carboxylic acids is 1. The maximum atomic E-state index is 13.0. The van der Waals surface area contributed by atoms with Crippen molar-refractivity contribution in [1.82, 2.24) is 10.4 Å². The number of nitrogens with one attached hydrogen (secondary N) is 1. The summed E-state index contributed by atoms with van der Waals surface area (Å²) in [6.07, 6.45) is 0.527. The third kappa shape index (κ3) is 6.95. The van der Waals surface area contributed by atoms with Crippen molar-refractivity contribution in [1.29, 1.82) is 0 Å². The van der Waals surface area contributed by atoms with Gasteiger partial charge in [0.25, 0.3) is 11.8 Å². The van der Waals surface area contributed by atoms with Gasteiger partial charge in [0.1, 0.15) is 12.4 Å². The fourth-order valence-corrected chi connectivity index (χ4v) is 4.62. The van der Waals surface area contributed by atoms with Crippen LogP contribution in [0.15, 0.2) is 77.7 Å². The number of thioether (sulfide) groups is 1. The molecule has 4 rings (SSSR count). The average molecular weight is 565 g/mol. The van der Waals surface area contributed by atoms with Crippen molar-refractivity contribution in [3.8, 4) is 17.2 Å². The molecule has 2 N–H and O–H groups in total. The summed E-state index contributed by atoms with van der Waals surface area (Å²) in [7, 11) is 1.42. The van der Waals surface area contributed by atoms with Gasteiger partial charge in [-0.05, 0) is 72.7 Å². The molecule has 0 aliphatic carbocycles. The molecule has 0 aromatic heterocycles. The Balaban J connectivity index is 1.40. The van der Waals surface area contributed by atoms with E-state index in [1.54, 1.807) is 48.5 Å². The van der Waals surface area contributed by atoms with Crippen LogP contribution in [0.5, 0.6) is 17.2 Å². The van der Waals surface area contributed by atoms with Crippen molar-refractivity contribution in [2.24, 2.45) is 0 Å². The lowest BCUT2D eigenvalue weighted by Crippen LogP contribution is -2.44. The van der Waals surface area contributed by atoms with Crippen molar-refractivity contribution in [3.63, 3.8) is 0 Å². The number of amides is 2. The molecule has 3 aromatic rings. The van der Waals surface area contributed by atoms with E-state index in [1.807, 2.05) is 30.3 Å². The molecule has 1 heterocycles. The molecule has 1 atom stereocenters. The predicted octanol–water partition coefficient (Wildman–Crippen LogP) is 4.67. The first-order valence-electron chi connectivity index (χ1n) is 11.7. The topological polar surface area (TPSA) is 114 Å². The van der Waals surface area contributed by atoms with Crippen LogP contribution in [0.1, 0.15) is 28.4 Å². The lowest BCUT2D eigenvalue weighted by molar-refractivity contribution is -0.144. The molecule has 0 spiro atoms. The summed E-state index contributed by atoms with van der Waals surface area (Å²) in [6.45, 7) is 1.81. The first kappa shape index (κ1) is 27.7. The second-order valence-electron chi connectivity index (χ2n) is 8.27. The number of nitrogens with zero attached hydrogens (tertiary/aromatic N) is 1. The highest BCUT2D eigenvalue weighted by Crippen LogP contribution is 2.34. The number of hydrogen-bond donors (Lipinski definition) is 2. The number of rotatable bonds is 10. The van der Waals surface area contributed by atoms with Gasteiger partial charge in [0.2, 0.25) is 0 Å². The van der Waals surface area contributed by atoms with Crippen molar-refractivity contribution in [3.05, 3.63) is 94.4 Å². The highest BCUT2D eigenvalue weighted by atomic mass is 32.2. The first-order valence-corrected chi connectivity index (χ1v) is 12.9. The summed E-state index contributed by atoms with van der Waals surface area (Å²) in [5.74, 6) is -0.942. The summed E-state index contributed by atoms with van der Waals surface area (Å²) in [4.78, 5) is 37.2. The van der Waals surface area contributed by atoms with Crippen LogP contribution in [-0.4, -0.2) is 45.4 Å². The van der Waals surface area contributed by atoms with Crippen LogP contribution in [0.3, 0.4) is 0 Å². The number of thiocarbonyl (C=S) groups is 1. The molecule has 11 heteroatoms. The molecule has 2 amide bonds. The quantitative estimate of drug-likeness (QED) is 0.268. The van der Waals surface area contributed by atoms with Gasteiger partial charge < -0.3 is 19.3 Å². The van der Waals surface area contributed by atoms with Gasteiger partial charge in [-0.15, -0.1) is 0 Å². The number of ether oxygens (including phenoxy) is 3. The van der Waals surface area contributed by atoms with Crippen molar-refractivity contribution < 1.29 is 33.7 Å². The number of benzene rings is 3. The number of carboxylic acid groups (broad SMARTS) is 1. The number of carbonyl (C=O) groups is 3. The molecule has 1 saturated heterocycles. The van der Waals surface area contributed by atoms with Crippen LogP contribution < -0.4 is 19.6 Å². The van der Waals surface area contributed by atoms with Gasteiger partial charge in [-0.1, -0.05) is 48.2 Å². The fraction of sp³-hybridized carbons (Fsp3) is 0.143. The Morgan fingerprint density at radius 3 is 2.46 bits per heavy atom. The maximum absolute atomic E-state index is 13.0. The summed E-state index contributed by atoms with van der Waals surface area (Å²) < 4.78 is 16.6. The zero-order valence-electron chi connectivity index (χ0n) is 21.0. The Kier molecular flexibility index (Phi) is 8.84. The Labute approximate surface area is 234 Å². The maximum Gasteiger partial charge on any atom is 0.344 e. The van der Waals surface area contributed by atoms with E-state index in [0.29, 0.717) is 34.1 Å². The third-order valence-electron chi connectivity index (χ3n) is 5.51. The van der Waals surface area contributed by atoms with E-state index in [1.165, 1.54) is 14.0 Å². The van der Waals surface area contributed by atoms with E-state index < -0.39 is 23.9 Å². The molecular weight excluding hydrogens is 540 g/mol. The summed E-state index contributed by atoms with van der Waals surface area (Å²) in [5, 5.41) is 10.1. The lowest BCUT2D eigenvalue weighted by Gasteiger charge is -2.16. The number of methoxy groups -OCH3 is 1. The minimum Gasteiger partial charge on any atom is -0.493 e. The van der Waals surface area contributed by atoms with Gasteiger partial charge in [-0.3, -0.25) is 15.0 Å². The Morgan fingerprint density at radius 1 is 1.08 bits per heavy atom. The van der Waals surface area contributed by atoms with Crippen LogP contribution in [0.4, 0.5) is 0 Å². The molecule has 1 aliphatic heterocycles. The molecular formula is C28H24N2O7S2. The predicted molar refractivity (Wildman–Crippen MR) is 150 cm³/mol. The van der Waals surface area contributed by atoms with Gasteiger partial charge >= 0.3 is 5.97 Å². The summed E-state index contributed by atoms with van der Waals surface area (Å²) in [5.41, 5.74) is 4.50. The highest BCUT2D eigenvalue weighted by molar-refractivity contribution is 8.26. The second-order valence-corrected chi connectivity index (χ2v) is 9.94. The lowest BCUT2D eigenvalue weighted by atomic mass is 10.2. The minimum absolute atomic E-state index is 0.171. The number of hydrogen-bond acceptors (Lipinski definition) is 8. The molecule has 39 heavy (non-hydrogen) atoms. The number of carbonyl (C=O) groups excluding carboxylic acids is 2. The number of aliphatic carboxylic acids is 1. The van der Waals surface area contributed by atoms with E-state index in [9.17, 15) is 14.4 Å². The van der Waals surface area contributed by atoms with E-state index in [-0.39, 0.29) is 10.1 Å². The number of hydrazine groups is 1. The smallest absolute Gasteiger partial charge is 0.344 e. The van der Waals surface area contributed by atoms with E-state index >= 15 is 0 Å². The van der Waals surface area contributed by atoms with Crippen molar-refractivity contribution in [2.45, 2.75) is 19.6 Å². The van der Waals surface area contributed by atoms with Crippen LogP contribution >= 0.6 is 24.0 Å². The summed E-state index contributed by atoms with van der Waals surface area (Å²) >= 11 is 6.35. The van der Waals surface area contributed by atoms with Gasteiger partial charge in [0.05, 0.1) is 12.0 Å². The Hall–Kier alpha value is -4.35. The molecule has 1 unspecified atom stereocenters. The second kappa shape index (κ2) is 12.5. The Bertz CT molecular complexity index is 1430. The monoisotopic (exact) mass is 564 g/mol. The SMILES string of the molecule is COc1cc(/C=C2/SC(=S)N(NC(=O)c3ccc(OCc4ccccc4)cc3)C2=O)ccc1OC(C)C(=O)O. The molecule has 200 valence electrons. The van der Waals surface area contributed by atoms with E-state index in [2.05, 4.69) is 5.43 Å². The van der Waals surface area contributed by atoms with Crippen LogP contribution in [0.2, 0.25) is 0 Å².